The third-order valence-electron chi connectivity index (χ3n) is 4.29. The van der Waals surface area contributed by atoms with Gasteiger partial charge in [-0.15, -0.1) is 0 Å². The maximum atomic E-state index is 13.4. The fourth-order valence-electron chi connectivity index (χ4n) is 2.73. The summed E-state index contributed by atoms with van der Waals surface area (Å²) in [6, 6.07) is 6.60. The van der Waals surface area contributed by atoms with E-state index >= 15 is 0 Å². The zero-order valence-electron chi connectivity index (χ0n) is 13.5. The van der Waals surface area contributed by atoms with Gasteiger partial charge in [-0.2, -0.15) is 4.98 Å². The second-order valence-corrected chi connectivity index (χ2v) is 6.42. The molecule has 1 saturated heterocycles. The molecule has 124 valence electrons. The van der Waals surface area contributed by atoms with E-state index in [-0.39, 0.29) is 11.4 Å². The number of nitrogens with zero attached hydrogens (tertiary/aromatic N) is 2. The number of hydrogen-bond acceptors (Lipinski definition) is 5. The van der Waals surface area contributed by atoms with Crippen molar-refractivity contribution in [1.29, 1.82) is 0 Å². The summed E-state index contributed by atoms with van der Waals surface area (Å²) in [5.41, 5.74) is 0.493. The van der Waals surface area contributed by atoms with Gasteiger partial charge in [-0.1, -0.05) is 17.3 Å². The standard InChI is InChI=1S/C17H22FN3O2/c1-17(2,13-4-3-5-14(18)10-13)19-11-15-20-16(23-21-15)12-6-8-22-9-7-12/h3-5,10,12,19H,6-9,11H2,1-2H3. The van der Waals surface area contributed by atoms with Gasteiger partial charge in [0.2, 0.25) is 5.89 Å². The Bertz CT molecular complexity index is 651. The number of rotatable bonds is 5. The highest BCUT2D eigenvalue weighted by atomic mass is 19.1. The molecule has 0 radical (unpaired) electrons. The molecular weight excluding hydrogens is 297 g/mol. The van der Waals surface area contributed by atoms with Gasteiger partial charge in [-0.25, -0.2) is 4.39 Å². The van der Waals surface area contributed by atoms with Crippen molar-refractivity contribution in [3.05, 3.63) is 47.4 Å². The van der Waals surface area contributed by atoms with Gasteiger partial charge < -0.3 is 14.6 Å². The number of benzene rings is 1. The highest BCUT2D eigenvalue weighted by molar-refractivity contribution is 5.23. The summed E-state index contributed by atoms with van der Waals surface area (Å²) >= 11 is 0. The van der Waals surface area contributed by atoms with Crippen LogP contribution in [0.3, 0.4) is 0 Å². The van der Waals surface area contributed by atoms with Crippen molar-refractivity contribution in [1.82, 2.24) is 15.5 Å². The van der Waals surface area contributed by atoms with Crippen LogP contribution in [0.4, 0.5) is 4.39 Å². The summed E-state index contributed by atoms with van der Waals surface area (Å²) < 4.78 is 24.1. The van der Waals surface area contributed by atoms with Crippen molar-refractivity contribution in [2.45, 2.75) is 44.7 Å². The summed E-state index contributed by atoms with van der Waals surface area (Å²) in [6.07, 6.45) is 1.84. The first-order chi connectivity index (χ1) is 11.0. The van der Waals surface area contributed by atoms with Crippen LogP contribution in [-0.2, 0) is 16.8 Å². The zero-order chi connectivity index (χ0) is 16.3. The molecule has 1 N–H and O–H groups in total. The molecule has 5 nitrogen and oxygen atoms in total. The molecule has 6 heteroatoms. The lowest BCUT2D eigenvalue weighted by Gasteiger charge is -2.26. The van der Waals surface area contributed by atoms with Crippen LogP contribution >= 0.6 is 0 Å². The molecule has 0 atom stereocenters. The smallest absolute Gasteiger partial charge is 0.229 e. The SMILES string of the molecule is CC(C)(NCc1noc(C2CCOCC2)n1)c1cccc(F)c1. The van der Waals surface area contributed by atoms with Crippen LogP contribution in [0.15, 0.2) is 28.8 Å². The number of nitrogens with one attached hydrogen (secondary N) is 1. The molecule has 0 saturated carbocycles. The van der Waals surface area contributed by atoms with Gasteiger partial charge >= 0.3 is 0 Å². The molecule has 1 fully saturated rings. The zero-order valence-corrected chi connectivity index (χ0v) is 13.5. The minimum absolute atomic E-state index is 0.237. The predicted molar refractivity (Wildman–Crippen MR) is 83.4 cm³/mol. The Morgan fingerprint density at radius 1 is 1.30 bits per heavy atom. The van der Waals surface area contributed by atoms with Crippen LogP contribution in [0.25, 0.3) is 0 Å². The number of halogens is 1. The van der Waals surface area contributed by atoms with Crippen molar-refractivity contribution in [3.63, 3.8) is 0 Å². The van der Waals surface area contributed by atoms with Gasteiger partial charge in [0.05, 0.1) is 6.54 Å². The Kier molecular flexibility index (Phi) is 4.73. The summed E-state index contributed by atoms with van der Waals surface area (Å²) in [6.45, 7) is 5.96. The number of hydrogen-bond donors (Lipinski definition) is 1. The van der Waals surface area contributed by atoms with Crippen molar-refractivity contribution in [2.24, 2.45) is 0 Å². The fraction of sp³-hybridized carbons (Fsp3) is 0.529. The molecule has 0 unspecified atom stereocenters. The molecule has 1 aromatic carbocycles. The second-order valence-electron chi connectivity index (χ2n) is 6.42. The van der Waals surface area contributed by atoms with Gasteiger partial charge in [0, 0.05) is 24.7 Å². The van der Waals surface area contributed by atoms with Crippen LogP contribution in [-0.4, -0.2) is 23.4 Å². The van der Waals surface area contributed by atoms with Crippen molar-refractivity contribution in [2.75, 3.05) is 13.2 Å². The van der Waals surface area contributed by atoms with Crippen LogP contribution in [0.5, 0.6) is 0 Å². The lowest BCUT2D eigenvalue weighted by molar-refractivity contribution is 0.0778. The molecule has 2 aromatic rings. The summed E-state index contributed by atoms with van der Waals surface area (Å²) in [5.74, 6) is 1.37. The molecule has 1 aliphatic rings. The third-order valence-corrected chi connectivity index (χ3v) is 4.29. The van der Waals surface area contributed by atoms with E-state index in [4.69, 9.17) is 9.26 Å². The molecular formula is C17H22FN3O2. The van der Waals surface area contributed by atoms with Crippen molar-refractivity contribution >= 4 is 0 Å². The lowest BCUT2D eigenvalue weighted by Crippen LogP contribution is -2.36. The minimum atomic E-state index is -0.387. The average molecular weight is 319 g/mol. The van der Waals surface area contributed by atoms with Gasteiger partial charge in [0.25, 0.3) is 0 Å². The van der Waals surface area contributed by atoms with E-state index in [1.165, 1.54) is 12.1 Å². The Hall–Kier alpha value is -1.79. The van der Waals surface area contributed by atoms with Gasteiger partial charge in [-0.3, -0.25) is 0 Å². The molecule has 0 aliphatic carbocycles. The number of aromatic nitrogens is 2. The quantitative estimate of drug-likeness (QED) is 0.917. The summed E-state index contributed by atoms with van der Waals surface area (Å²) in [7, 11) is 0. The highest BCUT2D eigenvalue weighted by Gasteiger charge is 2.24. The van der Waals surface area contributed by atoms with E-state index in [0.717, 1.165) is 31.6 Å². The minimum Gasteiger partial charge on any atom is -0.381 e. The van der Waals surface area contributed by atoms with Crippen molar-refractivity contribution in [3.8, 4) is 0 Å². The maximum Gasteiger partial charge on any atom is 0.229 e. The molecule has 0 bridgehead atoms. The van der Waals surface area contributed by atoms with E-state index in [1.54, 1.807) is 6.07 Å². The highest BCUT2D eigenvalue weighted by Crippen LogP contribution is 2.25. The first-order valence-electron chi connectivity index (χ1n) is 7.96. The van der Waals surface area contributed by atoms with Gasteiger partial charge in [0.1, 0.15) is 5.82 Å². The van der Waals surface area contributed by atoms with Crippen LogP contribution in [0.2, 0.25) is 0 Å². The van der Waals surface area contributed by atoms with Crippen LogP contribution < -0.4 is 5.32 Å². The molecule has 1 aromatic heterocycles. The maximum absolute atomic E-state index is 13.4. The van der Waals surface area contributed by atoms with E-state index in [1.807, 2.05) is 19.9 Å². The monoisotopic (exact) mass is 319 g/mol. The first-order valence-corrected chi connectivity index (χ1v) is 7.96. The largest absolute Gasteiger partial charge is 0.381 e. The predicted octanol–water partition coefficient (Wildman–Crippen LogP) is 3.13. The molecule has 23 heavy (non-hydrogen) atoms. The van der Waals surface area contributed by atoms with Gasteiger partial charge in [-0.05, 0) is 44.4 Å². The summed E-state index contributed by atoms with van der Waals surface area (Å²) in [5, 5.41) is 7.40. The fourth-order valence-corrected chi connectivity index (χ4v) is 2.73. The average Bonchev–Trinajstić information content (AvgIpc) is 3.03. The lowest BCUT2D eigenvalue weighted by atomic mass is 9.94. The van der Waals surface area contributed by atoms with Crippen LogP contribution in [0, 0.1) is 5.82 Å². The molecule has 1 aliphatic heterocycles. The molecule has 2 heterocycles. The van der Waals surface area contributed by atoms with Crippen molar-refractivity contribution < 1.29 is 13.7 Å². The second kappa shape index (κ2) is 6.76. The first kappa shape index (κ1) is 16.1. The molecule has 0 amide bonds. The Morgan fingerprint density at radius 2 is 2.09 bits per heavy atom. The Labute approximate surface area is 135 Å². The van der Waals surface area contributed by atoms with E-state index in [2.05, 4.69) is 15.5 Å². The summed E-state index contributed by atoms with van der Waals surface area (Å²) in [4.78, 5) is 4.48. The van der Waals surface area contributed by atoms with E-state index in [0.29, 0.717) is 24.2 Å². The van der Waals surface area contributed by atoms with E-state index in [9.17, 15) is 4.39 Å². The molecule has 0 spiro atoms. The Morgan fingerprint density at radius 3 is 2.83 bits per heavy atom. The van der Waals surface area contributed by atoms with Gasteiger partial charge in [0.15, 0.2) is 5.82 Å². The normalized spacial score (nSPS) is 16.7. The molecule has 3 rings (SSSR count). The number of ether oxygens (including phenoxy) is 1. The topological polar surface area (TPSA) is 60.2 Å². The van der Waals surface area contributed by atoms with Crippen LogP contribution in [0.1, 0.15) is 49.9 Å². The third kappa shape index (κ3) is 3.95. The Balaban J connectivity index is 1.62. The van der Waals surface area contributed by atoms with E-state index < -0.39 is 0 Å².